The molecule has 1 aliphatic rings. The Morgan fingerprint density at radius 2 is 2.09 bits per heavy atom. The fourth-order valence-electron chi connectivity index (χ4n) is 2.72. The number of methoxy groups -OCH3 is 1. The van der Waals surface area contributed by atoms with Crippen LogP contribution in [0.4, 0.5) is 0 Å². The van der Waals surface area contributed by atoms with Gasteiger partial charge in [-0.3, -0.25) is 4.79 Å². The molecule has 6 nitrogen and oxygen atoms in total. The highest BCUT2D eigenvalue weighted by Gasteiger charge is 2.39. The average molecular weight is 392 g/mol. The third-order valence-electron chi connectivity index (χ3n) is 3.93. The van der Waals surface area contributed by atoms with Gasteiger partial charge in [-0.05, 0) is 31.9 Å². The van der Waals surface area contributed by atoms with Crippen LogP contribution in [0.2, 0.25) is 0 Å². The van der Waals surface area contributed by atoms with E-state index < -0.39 is 28.0 Å². The second-order valence-electron chi connectivity index (χ2n) is 5.27. The minimum absolute atomic E-state index is 0.0941. The molecule has 0 amide bonds. The molecule has 0 aromatic heterocycles. The fraction of sp³-hybridized carbons (Fsp3) is 0.500. The van der Waals surface area contributed by atoms with Crippen LogP contribution >= 0.6 is 15.9 Å². The lowest BCUT2D eigenvalue weighted by molar-refractivity contribution is -0.144. The third-order valence-corrected chi connectivity index (χ3v) is 6.36. The number of sulfonamides is 1. The van der Waals surface area contributed by atoms with Crippen molar-refractivity contribution in [3.8, 4) is 5.75 Å². The minimum atomic E-state index is -3.77. The molecule has 0 bridgehead atoms. The number of hydrogen-bond donors (Lipinski definition) is 1. The molecule has 2 rings (SSSR count). The number of carboxylic acid groups (broad SMARTS) is 1. The Morgan fingerprint density at radius 1 is 1.41 bits per heavy atom. The maximum absolute atomic E-state index is 12.8. The van der Waals surface area contributed by atoms with Crippen molar-refractivity contribution in [2.75, 3.05) is 13.7 Å². The van der Waals surface area contributed by atoms with Crippen LogP contribution in [0.5, 0.6) is 5.75 Å². The second-order valence-corrected chi connectivity index (χ2v) is 8.08. The van der Waals surface area contributed by atoms with Gasteiger partial charge in [-0.1, -0.05) is 15.9 Å². The summed E-state index contributed by atoms with van der Waals surface area (Å²) < 4.78 is 32.6. The van der Waals surface area contributed by atoms with Crippen LogP contribution in [0.15, 0.2) is 27.6 Å². The summed E-state index contributed by atoms with van der Waals surface area (Å²) in [6.07, 6.45) is 1.02. The van der Waals surface area contributed by atoms with Gasteiger partial charge in [-0.2, -0.15) is 4.31 Å². The molecule has 22 heavy (non-hydrogen) atoms. The molecule has 0 saturated carbocycles. The maximum Gasteiger partial charge on any atom is 0.308 e. The molecular formula is C14H18BrNO5S. The van der Waals surface area contributed by atoms with E-state index in [2.05, 4.69) is 15.9 Å². The number of aliphatic carboxylic acids is 1. The predicted octanol–water partition coefficient (Wildman–Crippen LogP) is 2.33. The molecule has 1 aliphatic heterocycles. The van der Waals surface area contributed by atoms with E-state index in [0.29, 0.717) is 29.6 Å². The number of halogens is 1. The Bertz CT molecular complexity index is 676. The number of benzene rings is 1. The topological polar surface area (TPSA) is 83.9 Å². The van der Waals surface area contributed by atoms with Crippen LogP contribution in [0, 0.1) is 5.92 Å². The van der Waals surface area contributed by atoms with E-state index in [-0.39, 0.29) is 4.90 Å². The first-order valence-corrected chi connectivity index (χ1v) is 9.10. The Balaban J connectivity index is 2.41. The van der Waals surface area contributed by atoms with Gasteiger partial charge in [0.2, 0.25) is 10.0 Å². The quantitative estimate of drug-likeness (QED) is 0.851. The van der Waals surface area contributed by atoms with E-state index in [4.69, 9.17) is 4.74 Å². The summed E-state index contributed by atoms with van der Waals surface area (Å²) in [4.78, 5) is 11.4. The lowest BCUT2D eigenvalue weighted by Gasteiger charge is -2.36. The summed E-state index contributed by atoms with van der Waals surface area (Å²) in [5, 5.41) is 9.24. The summed E-state index contributed by atoms with van der Waals surface area (Å²) in [5.74, 6) is -1.22. The van der Waals surface area contributed by atoms with Gasteiger partial charge in [-0.25, -0.2) is 8.42 Å². The first-order chi connectivity index (χ1) is 10.3. The standard InChI is InChI=1S/C14H18BrNO5S/c1-9-13(14(17)18)4-3-5-16(9)22(19,20)12-7-10(15)6-11(8-12)21-2/h6-9,13H,3-5H2,1-2H3,(H,17,18)/t9-,13-/m0/s1. The summed E-state index contributed by atoms with van der Waals surface area (Å²) in [5.41, 5.74) is 0. The number of nitrogens with zero attached hydrogens (tertiary/aromatic N) is 1. The minimum Gasteiger partial charge on any atom is -0.497 e. The SMILES string of the molecule is COc1cc(Br)cc(S(=O)(=O)N2CCC[C@H](C(=O)O)[C@@H]2C)c1. The molecule has 1 fully saturated rings. The van der Waals surface area contributed by atoms with Gasteiger partial charge in [0, 0.05) is 23.1 Å². The number of carboxylic acids is 1. The highest BCUT2D eigenvalue weighted by Crippen LogP contribution is 2.32. The van der Waals surface area contributed by atoms with E-state index >= 15 is 0 Å². The van der Waals surface area contributed by atoms with Crippen LogP contribution in [0.1, 0.15) is 19.8 Å². The van der Waals surface area contributed by atoms with Crippen molar-refractivity contribution in [3.05, 3.63) is 22.7 Å². The van der Waals surface area contributed by atoms with E-state index in [9.17, 15) is 18.3 Å². The molecule has 8 heteroatoms. The molecule has 1 saturated heterocycles. The molecule has 0 aliphatic carbocycles. The van der Waals surface area contributed by atoms with Gasteiger partial charge in [-0.15, -0.1) is 0 Å². The molecule has 122 valence electrons. The van der Waals surface area contributed by atoms with Gasteiger partial charge >= 0.3 is 5.97 Å². The summed E-state index contributed by atoms with van der Waals surface area (Å²) in [6, 6.07) is 4.02. The zero-order valence-electron chi connectivity index (χ0n) is 12.3. The molecular weight excluding hydrogens is 374 g/mol. The monoisotopic (exact) mass is 391 g/mol. The first kappa shape index (κ1) is 17.2. The summed E-state index contributed by atoms with van der Waals surface area (Å²) in [6.45, 7) is 1.97. The molecule has 1 aromatic carbocycles. The van der Waals surface area contributed by atoms with Gasteiger partial charge in [0.05, 0.1) is 17.9 Å². The molecule has 2 atom stereocenters. The van der Waals surface area contributed by atoms with Gasteiger partial charge in [0.15, 0.2) is 0 Å². The zero-order chi connectivity index (χ0) is 16.5. The number of rotatable bonds is 4. The Kier molecular flexibility index (Phi) is 5.14. The molecule has 0 radical (unpaired) electrons. The van der Waals surface area contributed by atoms with E-state index in [1.54, 1.807) is 13.0 Å². The lowest BCUT2D eigenvalue weighted by Crippen LogP contribution is -2.48. The average Bonchev–Trinajstić information content (AvgIpc) is 2.46. The normalized spacial score (nSPS) is 23.2. The van der Waals surface area contributed by atoms with Crippen molar-refractivity contribution in [1.29, 1.82) is 0 Å². The third kappa shape index (κ3) is 3.28. The number of carbonyl (C=O) groups is 1. The van der Waals surface area contributed by atoms with Crippen LogP contribution in [-0.2, 0) is 14.8 Å². The lowest BCUT2D eigenvalue weighted by atomic mass is 9.92. The molecule has 0 unspecified atom stereocenters. The van der Waals surface area contributed by atoms with Crippen LogP contribution in [-0.4, -0.2) is 43.5 Å². The van der Waals surface area contributed by atoms with Crippen molar-refractivity contribution in [2.24, 2.45) is 5.92 Å². The zero-order valence-corrected chi connectivity index (χ0v) is 14.7. The van der Waals surface area contributed by atoms with Crippen molar-refractivity contribution in [1.82, 2.24) is 4.31 Å². The first-order valence-electron chi connectivity index (χ1n) is 6.86. The molecule has 1 heterocycles. The van der Waals surface area contributed by atoms with Crippen LogP contribution < -0.4 is 4.74 Å². The number of hydrogen-bond acceptors (Lipinski definition) is 4. The highest BCUT2D eigenvalue weighted by atomic mass is 79.9. The number of ether oxygens (including phenoxy) is 1. The molecule has 1 aromatic rings. The van der Waals surface area contributed by atoms with Gasteiger partial charge in [0.25, 0.3) is 0 Å². The van der Waals surface area contributed by atoms with Gasteiger partial charge < -0.3 is 9.84 Å². The Hall–Kier alpha value is -1.12. The fourth-order valence-corrected chi connectivity index (χ4v) is 5.11. The second kappa shape index (κ2) is 6.55. The van der Waals surface area contributed by atoms with E-state index in [0.717, 1.165) is 0 Å². The smallest absolute Gasteiger partial charge is 0.308 e. The number of piperidine rings is 1. The van der Waals surface area contributed by atoms with E-state index in [1.807, 2.05) is 0 Å². The highest BCUT2D eigenvalue weighted by molar-refractivity contribution is 9.10. The van der Waals surface area contributed by atoms with Crippen LogP contribution in [0.25, 0.3) is 0 Å². The van der Waals surface area contributed by atoms with Crippen LogP contribution in [0.3, 0.4) is 0 Å². The Labute approximate surface area is 138 Å². The predicted molar refractivity (Wildman–Crippen MR) is 84.4 cm³/mol. The van der Waals surface area contributed by atoms with Crippen molar-refractivity contribution in [3.63, 3.8) is 0 Å². The van der Waals surface area contributed by atoms with Crippen molar-refractivity contribution < 1.29 is 23.1 Å². The Morgan fingerprint density at radius 3 is 2.68 bits per heavy atom. The largest absolute Gasteiger partial charge is 0.497 e. The molecule has 0 spiro atoms. The van der Waals surface area contributed by atoms with Crippen molar-refractivity contribution in [2.45, 2.75) is 30.7 Å². The van der Waals surface area contributed by atoms with Crippen molar-refractivity contribution >= 4 is 31.9 Å². The maximum atomic E-state index is 12.8. The summed E-state index contributed by atoms with van der Waals surface area (Å²) >= 11 is 3.26. The molecule has 1 N–H and O–H groups in total. The summed E-state index contributed by atoms with van der Waals surface area (Å²) in [7, 11) is -2.31. The van der Waals surface area contributed by atoms with E-state index in [1.165, 1.54) is 23.5 Å². The van der Waals surface area contributed by atoms with Gasteiger partial charge in [0.1, 0.15) is 5.75 Å².